The first-order valence-electron chi connectivity index (χ1n) is 4.36. The van der Waals surface area contributed by atoms with Crippen molar-refractivity contribution in [2.24, 2.45) is 0 Å². The van der Waals surface area contributed by atoms with Gasteiger partial charge in [0.15, 0.2) is 0 Å². The Bertz CT molecular complexity index is 158. The molecule has 1 rings (SSSR count). The molecule has 0 aliphatic carbocycles. The van der Waals surface area contributed by atoms with Gasteiger partial charge in [-0.3, -0.25) is 0 Å². The van der Waals surface area contributed by atoms with E-state index < -0.39 is 0 Å². The molecule has 1 heterocycles. The Morgan fingerprint density at radius 2 is 1.92 bits per heavy atom. The van der Waals surface area contributed by atoms with Crippen LogP contribution in [0.5, 0.6) is 0 Å². The molecule has 1 saturated heterocycles. The summed E-state index contributed by atoms with van der Waals surface area (Å²) < 4.78 is 5.05. The van der Waals surface area contributed by atoms with Crippen molar-refractivity contribution < 1.29 is 9.53 Å². The molecular weight excluding hydrogens is 192 g/mol. The number of carbonyl (C=O) groups excluding carboxylic acids is 1. The Kier molecular flexibility index (Phi) is 5.82. The molecule has 0 aromatic heterocycles. The van der Waals surface area contributed by atoms with E-state index in [0.717, 1.165) is 26.2 Å². The van der Waals surface area contributed by atoms with Crippen molar-refractivity contribution in [1.29, 1.82) is 0 Å². The van der Waals surface area contributed by atoms with Crippen molar-refractivity contribution in [3.63, 3.8) is 0 Å². The lowest BCUT2D eigenvalue weighted by atomic mass is 10.4. The standard InChI is InChI=1S/C8H16N2O2.ClH/c1-7(2)12-8(11)10-5-3-9-4-6-10;/h7,9H,3-6H2,1-2H3;1H. The Morgan fingerprint density at radius 1 is 1.38 bits per heavy atom. The smallest absolute Gasteiger partial charge is 0.410 e. The molecule has 0 bridgehead atoms. The molecule has 0 atom stereocenters. The first-order chi connectivity index (χ1) is 5.70. The summed E-state index contributed by atoms with van der Waals surface area (Å²) in [5, 5.41) is 3.17. The Labute approximate surface area is 85.0 Å². The summed E-state index contributed by atoms with van der Waals surface area (Å²) in [6.45, 7) is 6.97. The first-order valence-corrected chi connectivity index (χ1v) is 4.36. The number of carbonyl (C=O) groups is 1. The molecule has 0 aromatic rings. The molecule has 1 amide bonds. The van der Waals surface area contributed by atoms with Crippen LogP contribution < -0.4 is 5.32 Å². The third-order valence-electron chi connectivity index (χ3n) is 1.71. The number of halogens is 1. The van der Waals surface area contributed by atoms with E-state index in [-0.39, 0.29) is 24.6 Å². The second-order valence-electron chi connectivity index (χ2n) is 3.17. The maximum Gasteiger partial charge on any atom is 0.410 e. The number of nitrogens with zero attached hydrogens (tertiary/aromatic N) is 1. The zero-order valence-corrected chi connectivity index (χ0v) is 8.89. The van der Waals surface area contributed by atoms with Gasteiger partial charge in [0.2, 0.25) is 0 Å². The topological polar surface area (TPSA) is 41.6 Å². The fourth-order valence-electron chi connectivity index (χ4n) is 1.12. The fourth-order valence-corrected chi connectivity index (χ4v) is 1.12. The number of amides is 1. The predicted octanol–water partition coefficient (Wildman–Crippen LogP) is 0.858. The van der Waals surface area contributed by atoms with Crippen LogP contribution in [0.25, 0.3) is 0 Å². The highest BCUT2D eigenvalue weighted by atomic mass is 35.5. The summed E-state index contributed by atoms with van der Waals surface area (Å²) in [5.74, 6) is 0. The molecule has 0 radical (unpaired) electrons. The van der Waals surface area contributed by atoms with E-state index in [1.807, 2.05) is 13.8 Å². The van der Waals surface area contributed by atoms with Crippen molar-refractivity contribution in [3.05, 3.63) is 0 Å². The molecule has 4 nitrogen and oxygen atoms in total. The summed E-state index contributed by atoms with van der Waals surface area (Å²) in [6.07, 6.45) is -0.209. The minimum absolute atomic E-state index is 0. The van der Waals surface area contributed by atoms with E-state index in [0.29, 0.717) is 0 Å². The minimum Gasteiger partial charge on any atom is -0.447 e. The average molecular weight is 209 g/mol. The maximum absolute atomic E-state index is 11.3. The van der Waals surface area contributed by atoms with Crippen molar-refractivity contribution in [1.82, 2.24) is 10.2 Å². The van der Waals surface area contributed by atoms with Crippen molar-refractivity contribution in [2.75, 3.05) is 26.2 Å². The number of hydrogen-bond donors (Lipinski definition) is 1. The molecule has 1 aliphatic rings. The molecule has 1 N–H and O–H groups in total. The van der Waals surface area contributed by atoms with Gasteiger partial charge in [-0.2, -0.15) is 0 Å². The van der Waals surface area contributed by atoms with Crippen LogP contribution in [0.1, 0.15) is 13.8 Å². The van der Waals surface area contributed by atoms with Gasteiger partial charge in [0.05, 0.1) is 6.10 Å². The van der Waals surface area contributed by atoms with E-state index in [4.69, 9.17) is 4.74 Å². The monoisotopic (exact) mass is 208 g/mol. The zero-order valence-electron chi connectivity index (χ0n) is 8.08. The minimum atomic E-state index is -0.188. The number of piperazine rings is 1. The zero-order chi connectivity index (χ0) is 8.97. The van der Waals surface area contributed by atoms with Gasteiger partial charge < -0.3 is 15.0 Å². The van der Waals surface area contributed by atoms with Crippen LogP contribution in [0.15, 0.2) is 0 Å². The van der Waals surface area contributed by atoms with Gasteiger partial charge in [-0.1, -0.05) is 0 Å². The molecule has 0 unspecified atom stereocenters. The fraction of sp³-hybridized carbons (Fsp3) is 0.875. The highest BCUT2D eigenvalue weighted by molar-refractivity contribution is 5.85. The summed E-state index contributed by atoms with van der Waals surface area (Å²) in [4.78, 5) is 13.0. The van der Waals surface area contributed by atoms with Crippen molar-refractivity contribution in [3.8, 4) is 0 Å². The number of nitrogens with one attached hydrogen (secondary N) is 1. The molecule has 0 saturated carbocycles. The largest absolute Gasteiger partial charge is 0.447 e. The van der Waals surface area contributed by atoms with E-state index in [1.165, 1.54) is 0 Å². The predicted molar refractivity (Wildman–Crippen MR) is 53.3 cm³/mol. The van der Waals surface area contributed by atoms with Gasteiger partial charge >= 0.3 is 6.09 Å². The summed E-state index contributed by atoms with van der Waals surface area (Å²) in [7, 11) is 0. The van der Waals surface area contributed by atoms with E-state index in [2.05, 4.69) is 5.32 Å². The molecule has 13 heavy (non-hydrogen) atoms. The molecule has 5 heteroatoms. The van der Waals surface area contributed by atoms with Gasteiger partial charge in [-0.15, -0.1) is 12.4 Å². The second kappa shape index (κ2) is 6.05. The molecule has 1 fully saturated rings. The Hall–Kier alpha value is -0.480. The van der Waals surface area contributed by atoms with E-state index in [9.17, 15) is 4.79 Å². The SMILES string of the molecule is CC(C)OC(=O)N1CCNCC1.Cl. The highest BCUT2D eigenvalue weighted by Crippen LogP contribution is 1.99. The van der Waals surface area contributed by atoms with Crippen LogP contribution in [-0.4, -0.2) is 43.3 Å². The maximum atomic E-state index is 11.3. The van der Waals surface area contributed by atoms with Gasteiger partial charge in [0.1, 0.15) is 0 Å². The molecular formula is C8H17ClN2O2. The number of ether oxygens (including phenoxy) is 1. The third-order valence-corrected chi connectivity index (χ3v) is 1.71. The van der Waals surface area contributed by atoms with Crippen LogP contribution in [0, 0.1) is 0 Å². The average Bonchev–Trinajstić information content (AvgIpc) is 2.05. The summed E-state index contributed by atoms with van der Waals surface area (Å²) >= 11 is 0. The summed E-state index contributed by atoms with van der Waals surface area (Å²) in [6, 6.07) is 0. The van der Waals surface area contributed by atoms with Crippen LogP contribution in [0.2, 0.25) is 0 Å². The van der Waals surface area contributed by atoms with Gasteiger partial charge in [0.25, 0.3) is 0 Å². The Balaban J connectivity index is 0.00000144. The third kappa shape index (κ3) is 4.33. The second-order valence-corrected chi connectivity index (χ2v) is 3.17. The molecule has 1 aliphatic heterocycles. The van der Waals surface area contributed by atoms with Gasteiger partial charge in [-0.05, 0) is 13.8 Å². The number of hydrogen-bond acceptors (Lipinski definition) is 3. The lowest BCUT2D eigenvalue weighted by molar-refractivity contribution is 0.0732. The molecule has 78 valence electrons. The van der Waals surface area contributed by atoms with Gasteiger partial charge in [0, 0.05) is 26.2 Å². The quantitative estimate of drug-likeness (QED) is 0.695. The lowest BCUT2D eigenvalue weighted by Crippen LogP contribution is -2.47. The molecule has 0 aromatic carbocycles. The van der Waals surface area contributed by atoms with Crippen LogP contribution in [0.3, 0.4) is 0 Å². The highest BCUT2D eigenvalue weighted by Gasteiger charge is 2.17. The van der Waals surface area contributed by atoms with E-state index >= 15 is 0 Å². The van der Waals surface area contributed by atoms with Crippen molar-refractivity contribution in [2.45, 2.75) is 20.0 Å². The molecule has 0 spiro atoms. The first kappa shape index (κ1) is 12.5. The van der Waals surface area contributed by atoms with E-state index in [1.54, 1.807) is 4.90 Å². The Morgan fingerprint density at radius 3 is 2.38 bits per heavy atom. The van der Waals surface area contributed by atoms with Crippen LogP contribution in [-0.2, 0) is 4.74 Å². The summed E-state index contributed by atoms with van der Waals surface area (Å²) in [5.41, 5.74) is 0. The number of rotatable bonds is 1. The van der Waals surface area contributed by atoms with Gasteiger partial charge in [-0.25, -0.2) is 4.79 Å². The van der Waals surface area contributed by atoms with Crippen LogP contribution >= 0.6 is 12.4 Å². The van der Waals surface area contributed by atoms with Crippen LogP contribution in [0.4, 0.5) is 4.79 Å². The van der Waals surface area contributed by atoms with Crippen molar-refractivity contribution >= 4 is 18.5 Å². The lowest BCUT2D eigenvalue weighted by Gasteiger charge is -2.27. The normalized spacial score (nSPS) is 16.7.